The summed E-state index contributed by atoms with van der Waals surface area (Å²) < 4.78 is 0. The Bertz CT molecular complexity index is 1150. The van der Waals surface area contributed by atoms with Gasteiger partial charge in [-0.2, -0.15) is 4.98 Å². The molecule has 1 saturated heterocycles. The van der Waals surface area contributed by atoms with Crippen LogP contribution in [0, 0.1) is 0 Å². The van der Waals surface area contributed by atoms with Gasteiger partial charge in [0.1, 0.15) is 10.6 Å². The molecular weight excluding hydrogens is 424 g/mol. The molecule has 0 aliphatic carbocycles. The van der Waals surface area contributed by atoms with Gasteiger partial charge in [-0.1, -0.05) is 23.7 Å². The molecule has 0 bridgehead atoms. The molecule has 7 nitrogen and oxygen atoms in total. The number of aromatic nitrogens is 3. The van der Waals surface area contributed by atoms with E-state index in [1.807, 2.05) is 29.2 Å². The molecule has 5 rings (SSSR count). The molecule has 0 saturated carbocycles. The number of anilines is 4. The van der Waals surface area contributed by atoms with Gasteiger partial charge in [-0.25, -0.2) is 4.98 Å². The van der Waals surface area contributed by atoms with Crippen LogP contribution in [0.25, 0.3) is 0 Å². The van der Waals surface area contributed by atoms with Gasteiger partial charge < -0.3 is 20.6 Å². The fraction of sp³-hybridized carbons (Fsp3) is 0.375. The van der Waals surface area contributed by atoms with Crippen molar-refractivity contribution in [3.05, 3.63) is 64.6 Å². The minimum absolute atomic E-state index is 0.180. The Balaban J connectivity index is 1.50. The summed E-state index contributed by atoms with van der Waals surface area (Å²) in [7, 11) is 0. The number of rotatable bonds is 4. The van der Waals surface area contributed by atoms with Crippen molar-refractivity contribution >= 4 is 34.7 Å². The van der Waals surface area contributed by atoms with Crippen LogP contribution in [0.2, 0.25) is 5.02 Å². The topological polar surface area (TPSA) is 91.4 Å². The first-order chi connectivity index (χ1) is 15.4. The van der Waals surface area contributed by atoms with Gasteiger partial charge in [0.05, 0.1) is 11.9 Å². The quantitative estimate of drug-likeness (QED) is 0.619. The lowest BCUT2D eigenvalue weighted by Crippen LogP contribution is -2.30. The average Bonchev–Trinajstić information content (AvgIpc) is 3.24. The van der Waals surface area contributed by atoms with Crippen molar-refractivity contribution in [2.45, 2.75) is 38.2 Å². The average molecular weight is 451 g/mol. The van der Waals surface area contributed by atoms with E-state index in [-0.39, 0.29) is 5.95 Å². The number of nitrogens with zero attached hydrogens (tertiary/aromatic N) is 5. The van der Waals surface area contributed by atoms with Gasteiger partial charge >= 0.3 is 0 Å². The smallest absolute Gasteiger partial charge is 0.222 e. The fourth-order valence-electron chi connectivity index (χ4n) is 4.64. The number of halogens is 1. The van der Waals surface area contributed by atoms with Gasteiger partial charge in [0.25, 0.3) is 0 Å². The van der Waals surface area contributed by atoms with Crippen molar-refractivity contribution in [3.8, 4) is 0 Å². The van der Waals surface area contributed by atoms with Crippen LogP contribution < -0.4 is 15.5 Å². The lowest BCUT2D eigenvalue weighted by molar-refractivity contribution is 0.0975. The second-order valence-corrected chi connectivity index (χ2v) is 9.07. The van der Waals surface area contributed by atoms with Crippen molar-refractivity contribution in [2.75, 3.05) is 35.2 Å². The van der Waals surface area contributed by atoms with Gasteiger partial charge in [-0.15, -0.1) is 0 Å². The summed E-state index contributed by atoms with van der Waals surface area (Å²) in [5, 5.41) is 12.0. The molecule has 8 heteroatoms. The van der Waals surface area contributed by atoms with Crippen LogP contribution in [-0.2, 0) is 12.0 Å². The number of hydrogen-bond acceptors (Lipinski definition) is 7. The molecule has 0 spiro atoms. The maximum Gasteiger partial charge on any atom is 0.222 e. The van der Waals surface area contributed by atoms with Crippen LogP contribution in [-0.4, -0.2) is 39.7 Å². The predicted octanol–water partition coefficient (Wildman–Crippen LogP) is 4.05. The molecule has 0 radical (unpaired) electrons. The number of pyridine rings is 1. The number of benzene rings is 1. The first-order valence-electron chi connectivity index (χ1n) is 11.1. The number of aliphatic hydroxyl groups is 1. The molecule has 1 aromatic carbocycles. The lowest BCUT2D eigenvalue weighted by Gasteiger charge is -2.31. The molecule has 1 unspecified atom stereocenters. The summed E-state index contributed by atoms with van der Waals surface area (Å²) in [6.07, 6.45) is 7.85. The molecule has 32 heavy (non-hydrogen) atoms. The third-order valence-corrected chi connectivity index (χ3v) is 6.77. The fourth-order valence-corrected chi connectivity index (χ4v) is 4.84. The zero-order chi connectivity index (χ0) is 22.3. The second kappa shape index (κ2) is 8.22. The first kappa shape index (κ1) is 21.0. The summed E-state index contributed by atoms with van der Waals surface area (Å²) in [6, 6.07) is 10.1. The van der Waals surface area contributed by atoms with E-state index in [4.69, 9.17) is 17.3 Å². The predicted molar refractivity (Wildman–Crippen MR) is 128 cm³/mol. The minimum Gasteiger partial charge on any atom is -0.379 e. The van der Waals surface area contributed by atoms with Crippen LogP contribution in [0.15, 0.2) is 42.7 Å². The number of nitrogens with two attached hydrogens (primary N) is 1. The van der Waals surface area contributed by atoms with Crippen molar-refractivity contribution in [2.24, 2.45) is 0 Å². The van der Waals surface area contributed by atoms with Gasteiger partial charge in [-0.3, -0.25) is 4.98 Å². The van der Waals surface area contributed by atoms with Crippen LogP contribution >= 0.6 is 11.6 Å². The van der Waals surface area contributed by atoms with E-state index in [1.54, 1.807) is 13.1 Å². The Morgan fingerprint density at radius 2 is 1.88 bits per heavy atom. The van der Waals surface area contributed by atoms with E-state index < -0.39 is 5.60 Å². The monoisotopic (exact) mass is 450 g/mol. The van der Waals surface area contributed by atoms with Crippen molar-refractivity contribution in [1.82, 2.24) is 15.0 Å². The maximum atomic E-state index is 11.6. The molecule has 166 valence electrons. The molecule has 2 aliphatic rings. The van der Waals surface area contributed by atoms with Crippen LogP contribution in [0.4, 0.5) is 23.1 Å². The van der Waals surface area contributed by atoms with Crippen molar-refractivity contribution in [1.29, 1.82) is 0 Å². The highest BCUT2D eigenvalue weighted by Gasteiger charge is 2.31. The molecular formula is C24H27ClN6O. The Labute approximate surface area is 192 Å². The Morgan fingerprint density at radius 3 is 2.69 bits per heavy atom. The van der Waals surface area contributed by atoms with E-state index >= 15 is 0 Å². The highest BCUT2D eigenvalue weighted by atomic mass is 35.5. The summed E-state index contributed by atoms with van der Waals surface area (Å²) in [5.74, 6) is 0.764. The highest BCUT2D eigenvalue weighted by Crippen LogP contribution is 2.40. The molecule has 4 heterocycles. The van der Waals surface area contributed by atoms with Gasteiger partial charge in [0.15, 0.2) is 5.82 Å². The third kappa shape index (κ3) is 3.76. The lowest BCUT2D eigenvalue weighted by atomic mass is 9.90. The zero-order valence-electron chi connectivity index (χ0n) is 18.1. The van der Waals surface area contributed by atoms with Gasteiger partial charge in [0.2, 0.25) is 5.95 Å². The maximum absolute atomic E-state index is 11.6. The number of fused-ring (bicyclic) bond motifs is 1. The van der Waals surface area contributed by atoms with E-state index in [1.165, 1.54) is 31.0 Å². The molecule has 1 fully saturated rings. The molecule has 0 amide bonds. The molecule has 2 aliphatic heterocycles. The second-order valence-electron chi connectivity index (χ2n) is 8.66. The normalized spacial score (nSPS) is 17.8. The molecule has 3 N–H and O–H groups in total. The van der Waals surface area contributed by atoms with Gasteiger partial charge in [0, 0.05) is 37.2 Å². The molecule has 2 aromatic heterocycles. The van der Waals surface area contributed by atoms with Crippen LogP contribution in [0.5, 0.6) is 0 Å². The largest absolute Gasteiger partial charge is 0.379 e. The number of hydrogen-bond donors (Lipinski definition) is 2. The Morgan fingerprint density at radius 1 is 1.06 bits per heavy atom. The Hall–Kier alpha value is -2.90. The summed E-state index contributed by atoms with van der Waals surface area (Å²) in [4.78, 5) is 17.2. The minimum atomic E-state index is -1.25. The molecule has 1 atom stereocenters. The summed E-state index contributed by atoms with van der Waals surface area (Å²) >= 11 is 6.37. The third-order valence-electron chi connectivity index (χ3n) is 6.51. The SMILES string of the molecule is CC(O)(c1ccc2c(c1)N(c1nc(N)ncc1Cl)CC2)c1cc(N2CCCCC2)ccn1. The summed E-state index contributed by atoms with van der Waals surface area (Å²) in [5.41, 5.74) is 9.21. The Kier molecular flexibility index (Phi) is 5.39. The van der Waals surface area contributed by atoms with E-state index in [9.17, 15) is 5.11 Å². The van der Waals surface area contributed by atoms with Crippen LogP contribution in [0.1, 0.15) is 43.0 Å². The van der Waals surface area contributed by atoms with E-state index in [2.05, 4.69) is 25.9 Å². The van der Waals surface area contributed by atoms with E-state index in [0.717, 1.165) is 43.0 Å². The van der Waals surface area contributed by atoms with Crippen molar-refractivity contribution in [3.63, 3.8) is 0 Å². The summed E-state index contributed by atoms with van der Waals surface area (Å²) in [6.45, 7) is 4.62. The van der Waals surface area contributed by atoms with E-state index in [0.29, 0.717) is 16.5 Å². The zero-order valence-corrected chi connectivity index (χ0v) is 18.9. The molecule has 3 aromatic rings. The standard InChI is InChI=1S/C24H27ClN6O/c1-24(32,21-14-18(7-9-27-21)30-10-3-2-4-11-30)17-6-5-16-8-12-31(20(16)13-17)22-19(25)15-28-23(26)29-22/h5-7,9,13-15,32H,2-4,8,10-12H2,1H3,(H2,26,28,29). The van der Waals surface area contributed by atoms with Crippen LogP contribution in [0.3, 0.4) is 0 Å². The first-order valence-corrected chi connectivity index (χ1v) is 11.4. The highest BCUT2D eigenvalue weighted by molar-refractivity contribution is 6.33. The van der Waals surface area contributed by atoms with Crippen molar-refractivity contribution < 1.29 is 5.11 Å². The van der Waals surface area contributed by atoms with Gasteiger partial charge in [-0.05, 0) is 61.9 Å². The number of piperidine rings is 1. The number of nitrogen functional groups attached to an aromatic ring is 1.